The van der Waals surface area contributed by atoms with Crippen LogP contribution in [0.2, 0.25) is 0 Å². The van der Waals surface area contributed by atoms with Gasteiger partial charge in [-0.1, -0.05) is 25.1 Å². The zero-order chi connectivity index (χ0) is 22.6. The van der Waals surface area contributed by atoms with Crippen LogP contribution in [0.25, 0.3) is 10.9 Å². The molecule has 0 aliphatic heterocycles. The van der Waals surface area contributed by atoms with Gasteiger partial charge >= 0.3 is 6.16 Å². The maximum Gasteiger partial charge on any atom is 0.503 e. The van der Waals surface area contributed by atoms with Gasteiger partial charge in [0.25, 0.3) is 0 Å². The predicted octanol–water partition coefficient (Wildman–Crippen LogP) is 4.25. The largest absolute Gasteiger partial charge is 0.503 e. The molecule has 31 heavy (non-hydrogen) atoms. The van der Waals surface area contributed by atoms with E-state index in [0.717, 1.165) is 25.8 Å². The fourth-order valence-electron chi connectivity index (χ4n) is 4.08. The molecule has 0 spiro atoms. The predicted molar refractivity (Wildman–Crippen MR) is 115 cm³/mol. The van der Waals surface area contributed by atoms with Crippen LogP contribution in [0.15, 0.2) is 53.4 Å². The molecule has 1 aliphatic carbocycles. The Bertz CT molecular complexity index is 1170. The second-order valence-corrected chi connectivity index (χ2v) is 9.11. The van der Waals surface area contributed by atoms with Crippen molar-refractivity contribution in [2.24, 2.45) is 0 Å². The van der Waals surface area contributed by atoms with Gasteiger partial charge in [0.1, 0.15) is 5.82 Å². The Hall–Kier alpha value is -2.91. The smallest absolute Gasteiger partial charge is 0.450 e. The first-order valence-corrected chi connectivity index (χ1v) is 11.5. The molecule has 1 aliphatic rings. The summed E-state index contributed by atoms with van der Waals surface area (Å²) in [5.74, 6) is -0.444. The van der Waals surface area contributed by atoms with Crippen molar-refractivity contribution in [3.05, 3.63) is 65.6 Å². The van der Waals surface area contributed by atoms with Crippen molar-refractivity contribution < 1.29 is 27.8 Å². The van der Waals surface area contributed by atoms with Crippen molar-refractivity contribution in [3.63, 3.8) is 0 Å². The van der Waals surface area contributed by atoms with E-state index in [9.17, 15) is 12.8 Å². The van der Waals surface area contributed by atoms with Gasteiger partial charge < -0.3 is 14.8 Å². The SMILES string of the molecule is CCCn1c2c(c3ccccc31)C[C@H](NS(=O)(=O)c1ccc(F)cc1)CC2.O=C(O)O. The maximum absolute atomic E-state index is 13.1. The molecule has 166 valence electrons. The van der Waals surface area contributed by atoms with E-state index in [1.54, 1.807) is 0 Å². The minimum Gasteiger partial charge on any atom is -0.450 e. The topological polar surface area (TPSA) is 109 Å². The van der Waals surface area contributed by atoms with Crippen molar-refractivity contribution in [2.75, 3.05) is 0 Å². The third-order valence-electron chi connectivity index (χ3n) is 5.27. The van der Waals surface area contributed by atoms with Crippen LogP contribution in [-0.4, -0.2) is 35.4 Å². The summed E-state index contributed by atoms with van der Waals surface area (Å²) in [7, 11) is -3.66. The molecule has 1 atom stereocenters. The van der Waals surface area contributed by atoms with Gasteiger partial charge in [-0.15, -0.1) is 0 Å². The van der Waals surface area contributed by atoms with Crippen molar-refractivity contribution in [3.8, 4) is 0 Å². The van der Waals surface area contributed by atoms with Gasteiger partial charge in [-0.05, 0) is 61.6 Å². The number of carboxylic acid groups (broad SMARTS) is 2. The number of nitrogens with zero attached hydrogens (tertiary/aromatic N) is 1. The molecule has 0 saturated carbocycles. The summed E-state index contributed by atoms with van der Waals surface area (Å²) in [4.78, 5) is 8.66. The highest BCUT2D eigenvalue weighted by molar-refractivity contribution is 7.89. The standard InChI is InChI=1S/C21H23FN2O2S.CH2O3/c1-2-13-24-20-6-4-3-5-18(20)19-14-16(9-12-21(19)24)23-27(25,26)17-10-7-15(22)8-11-17;2-1(3)4/h3-8,10-11,16,23H,2,9,12-14H2,1H3;(H2,2,3,4)/t16-;/m1./s1. The Morgan fingerprint density at radius 3 is 2.45 bits per heavy atom. The molecule has 3 N–H and O–H groups in total. The molecule has 9 heteroatoms. The molecule has 4 rings (SSSR count). The summed E-state index contributed by atoms with van der Waals surface area (Å²) in [5, 5.41) is 15.2. The van der Waals surface area contributed by atoms with Gasteiger partial charge in [0, 0.05) is 29.2 Å². The highest BCUT2D eigenvalue weighted by Crippen LogP contribution is 2.33. The number of hydrogen-bond donors (Lipinski definition) is 3. The lowest BCUT2D eigenvalue weighted by atomic mass is 9.92. The number of aryl methyl sites for hydroxylation is 1. The average Bonchev–Trinajstić information content (AvgIpc) is 3.01. The van der Waals surface area contributed by atoms with E-state index >= 15 is 0 Å². The summed E-state index contributed by atoms with van der Waals surface area (Å²) < 4.78 is 43.6. The fourth-order valence-corrected chi connectivity index (χ4v) is 5.35. The first kappa shape index (κ1) is 22.8. The molecule has 1 heterocycles. The fraction of sp³-hybridized carbons (Fsp3) is 0.318. The molecule has 0 unspecified atom stereocenters. The van der Waals surface area contributed by atoms with Crippen LogP contribution in [-0.2, 0) is 29.4 Å². The summed E-state index contributed by atoms with van der Waals surface area (Å²) in [6, 6.07) is 13.1. The van der Waals surface area contributed by atoms with Crippen molar-refractivity contribution in [1.29, 1.82) is 0 Å². The van der Waals surface area contributed by atoms with Gasteiger partial charge in [-0.3, -0.25) is 0 Å². The van der Waals surface area contributed by atoms with Gasteiger partial charge in [-0.25, -0.2) is 22.3 Å². The van der Waals surface area contributed by atoms with Crippen molar-refractivity contribution >= 4 is 27.1 Å². The quantitative estimate of drug-likeness (QED) is 0.541. The van der Waals surface area contributed by atoms with E-state index in [4.69, 9.17) is 15.0 Å². The molecule has 0 bridgehead atoms. The molecular weight excluding hydrogens is 423 g/mol. The van der Waals surface area contributed by atoms with Gasteiger partial charge in [0.15, 0.2) is 0 Å². The average molecular weight is 449 g/mol. The van der Waals surface area contributed by atoms with E-state index in [1.807, 2.05) is 6.07 Å². The molecule has 2 aromatic carbocycles. The molecule has 1 aromatic heterocycles. The number of fused-ring (bicyclic) bond motifs is 3. The molecule has 3 aromatic rings. The van der Waals surface area contributed by atoms with Crippen LogP contribution in [0.3, 0.4) is 0 Å². The monoisotopic (exact) mass is 448 g/mol. The third kappa shape index (κ3) is 5.23. The van der Waals surface area contributed by atoms with Gasteiger partial charge in [0.2, 0.25) is 10.0 Å². The van der Waals surface area contributed by atoms with Crippen molar-refractivity contribution in [1.82, 2.24) is 9.29 Å². The first-order chi connectivity index (χ1) is 14.7. The Morgan fingerprint density at radius 1 is 1.16 bits per heavy atom. The van der Waals surface area contributed by atoms with Gasteiger partial charge in [-0.2, -0.15) is 0 Å². The minimum absolute atomic E-state index is 0.100. The molecule has 7 nitrogen and oxygen atoms in total. The second kappa shape index (κ2) is 9.49. The molecule has 0 amide bonds. The van der Waals surface area contributed by atoms with Crippen LogP contribution >= 0.6 is 0 Å². The zero-order valence-corrected chi connectivity index (χ0v) is 17.9. The van der Waals surface area contributed by atoms with E-state index < -0.39 is 22.0 Å². The molecular formula is C22H25FN2O5S. The zero-order valence-electron chi connectivity index (χ0n) is 17.1. The van der Waals surface area contributed by atoms with E-state index in [2.05, 4.69) is 34.4 Å². The number of sulfonamides is 1. The minimum atomic E-state index is -3.66. The number of nitrogens with one attached hydrogen (secondary N) is 1. The number of rotatable bonds is 5. The van der Waals surface area contributed by atoms with Crippen LogP contribution in [0, 0.1) is 5.82 Å². The summed E-state index contributed by atoms with van der Waals surface area (Å²) in [5.41, 5.74) is 3.80. The second-order valence-electron chi connectivity index (χ2n) is 7.39. The summed E-state index contributed by atoms with van der Waals surface area (Å²) in [6.07, 6.45) is 1.51. The first-order valence-electron chi connectivity index (χ1n) is 10.0. The highest BCUT2D eigenvalue weighted by atomic mass is 32.2. The number of halogens is 1. The summed E-state index contributed by atoms with van der Waals surface area (Å²) in [6.45, 7) is 3.14. The number of para-hydroxylation sites is 1. The number of aromatic nitrogens is 1. The van der Waals surface area contributed by atoms with Crippen LogP contribution in [0.4, 0.5) is 9.18 Å². The number of carbonyl (C=O) groups is 1. The lowest BCUT2D eigenvalue weighted by Crippen LogP contribution is -2.39. The Labute approximate surface area is 180 Å². The maximum atomic E-state index is 13.1. The van der Waals surface area contributed by atoms with E-state index in [1.165, 1.54) is 46.4 Å². The van der Waals surface area contributed by atoms with Crippen LogP contribution < -0.4 is 4.72 Å². The summed E-state index contributed by atoms with van der Waals surface area (Å²) >= 11 is 0. The normalized spacial score (nSPS) is 15.7. The lowest BCUT2D eigenvalue weighted by Gasteiger charge is -2.25. The molecule has 0 radical (unpaired) electrons. The van der Waals surface area contributed by atoms with Crippen LogP contribution in [0.5, 0.6) is 0 Å². The Morgan fingerprint density at radius 2 is 1.81 bits per heavy atom. The van der Waals surface area contributed by atoms with E-state index in [-0.39, 0.29) is 10.9 Å². The van der Waals surface area contributed by atoms with Crippen molar-refractivity contribution in [2.45, 2.75) is 50.1 Å². The Balaban J connectivity index is 0.000000628. The molecule has 0 fully saturated rings. The third-order valence-corrected chi connectivity index (χ3v) is 6.80. The Kier molecular flexibility index (Phi) is 6.97. The molecule has 0 saturated heterocycles. The number of hydrogen-bond acceptors (Lipinski definition) is 3. The van der Waals surface area contributed by atoms with Gasteiger partial charge in [0.05, 0.1) is 4.90 Å². The highest BCUT2D eigenvalue weighted by Gasteiger charge is 2.28. The lowest BCUT2D eigenvalue weighted by molar-refractivity contribution is 0.137. The van der Waals surface area contributed by atoms with Crippen LogP contribution in [0.1, 0.15) is 31.0 Å². The number of benzene rings is 2. The van der Waals surface area contributed by atoms with E-state index in [0.29, 0.717) is 6.42 Å².